The number of nitrogens with one attached hydrogen (secondary N) is 1. The van der Waals surface area contributed by atoms with E-state index in [1.165, 1.54) is 24.0 Å². The lowest BCUT2D eigenvalue weighted by Crippen LogP contribution is -2.27. The van der Waals surface area contributed by atoms with Gasteiger partial charge in [0.05, 0.1) is 60.2 Å². The van der Waals surface area contributed by atoms with Gasteiger partial charge < -0.3 is 34.2 Å². The molecule has 304 valence electrons. The first kappa shape index (κ1) is 41.2. The molecule has 6 aromatic rings. The molecule has 0 bridgehead atoms. The maximum absolute atomic E-state index is 12.3. The number of amides is 2. The summed E-state index contributed by atoms with van der Waals surface area (Å²) in [6.45, 7) is 11.5. The zero-order valence-electron chi connectivity index (χ0n) is 32.9. The molecular formula is C38H49BrN12O6. The third-order valence-electron chi connectivity index (χ3n) is 8.48. The third kappa shape index (κ3) is 11.8. The molecule has 19 heteroatoms. The first-order valence-corrected chi connectivity index (χ1v) is 19.4. The molecule has 2 amide bonds. The van der Waals surface area contributed by atoms with Gasteiger partial charge in [-0.25, -0.2) is 28.9 Å². The number of anilines is 1. The lowest BCUT2D eigenvalue weighted by Gasteiger charge is -2.20. The number of pyridine rings is 2. The van der Waals surface area contributed by atoms with Gasteiger partial charge in [0.15, 0.2) is 11.3 Å². The standard InChI is InChI=1S/C19H24N6O3.C14H14BrN5O.C5H11NO2/c1-19(2,3)28-18(27)21-16-6-13(12-4-5-12)7-24-8-14(20-17(16)24)9-25-10-15(11-26)22-23-25;15-13-3-10(9-1-2-9)4-19-5-11(16-14(13)19)6-20-7-12(8-21)17-18-20;1-5(2,3)8-4(6)7/h6-8,10,12,26H,4-5,9,11H2,1-3H3,(H,21,27);3-5,7,9,21H,1-2,6,8H2;1-3H3,(H2,6,7). The number of nitrogens with two attached hydrogens (primary N) is 1. The minimum Gasteiger partial charge on any atom is -0.444 e. The fourth-order valence-electron chi connectivity index (χ4n) is 5.85. The van der Waals surface area contributed by atoms with Crippen LogP contribution in [0.2, 0.25) is 0 Å². The normalized spacial score (nSPS) is 14.1. The van der Waals surface area contributed by atoms with E-state index in [9.17, 15) is 9.59 Å². The highest BCUT2D eigenvalue weighted by Gasteiger charge is 2.27. The minimum atomic E-state index is -0.725. The van der Waals surface area contributed by atoms with E-state index in [0.717, 1.165) is 34.3 Å². The predicted molar refractivity (Wildman–Crippen MR) is 212 cm³/mol. The second-order valence-corrected chi connectivity index (χ2v) is 16.9. The molecule has 18 nitrogen and oxygen atoms in total. The number of rotatable bonds is 9. The van der Waals surface area contributed by atoms with Gasteiger partial charge in [0.2, 0.25) is 0 Å². The highest BCUT2D eigenvalue weighted by molar-refractivity contribution is 9.10. The molecule has 2 aliphatic rings. The molecule has 0 radical (unpaired) electrons. The van der Waals surface area contributed by atoms with Gasteiger partial charge in [0.25, 0.3) is 0 Å². The van der Waals surface area contributed by atoms with Crippen LogP contribution in [0.1, 0.15) is 113 Å². The number of imidazole rings is 2. The number of aliphatic hydroxyl groups excluding tert-OH is 2. The fraction of sp³-hybridized carbons (Fsp3) is 0.474. The Labute approximate surface area is 337 Å². The first-order valence-electron chi connectivity index (χ1n) is 18.6. The van der Waals surface area contributed by atoms with Crippen molar-refractivity contribution in [3.8, 4) is 0 Å². The molecule has 0 aliphatic heterocycles. The Balaban J connectivity index is 0.000000166. The zero-order valence-corrected chi connectivity index (χ0v) is 34.5. The van der Waals surface area contributed by atoms with Crippen molar-refractivity contribution in [1.29, 1.82) is 0 Å². The van der Waals surface area contributed by atoms with Crippen LogP contribution in [0, 0.1) is 0 Å². The second-order valence-electron chi connectivity index (χ2n) is 16.1. The van der Waals surface area contributed by atoms with Crippen molar-refractivity contribution < 1.29 is 29.3 Å². The van der Waals surface area contributed by atoms with E-state index in [2.05, 4.69) is 79.4 Å². The number of fused-ring (bicyclic) bond motifs is 2. The molecule has 0 spiro atoms. The Hall–Kier alpha value is -5.40. The molecule has 8 rings (SSSR count). The van der Waals surface area contributed by atoms with Gasteiger partial charge in [-0.3, -0.25) is 5.32 Å². The van der Waals surface area contributed by atoms with Crippen LogP contribution in [0.15, 0.2) is 53.8 Å². The molecule has 2 fully saturated rings. The molecule has 6 aromatic heterocycles. The average Bonchev–Trinajstić information content (AvgIpc) is 3.95. The number of hydrogen-bond donors (Lipinski definition) is 4. The molecule has 0 unspecified atom stereocenters. The zero-order chi connectivity index (χ0) is 41.1. The van der Waals surface area contributed by atoms with Crippen LogP contribution < -0.4 is 11.1 Å². The van der Waals surface area contributed by atoms with Crippen LogP contribution in [0.5, 0.6) is 0 Å². The summed E-state index contributed by atoms with van der Waals surface area (Å²) >= 11 is 3.61. The van der Waals surface area contributed by atoms with Crippen LogP contribution in [-0.2, 0) is 35.8 Å². The minimum absolute atomic E-state index is 0.0958. The van der Waals surface area contributed by atoms with Crippen molar-refractivity contribution in [3.05, 3.63) is 87.7 Å². The number of carbonyl (C=O) groups is 2. The van der Waals surface area contributed by atoms with Crippen LogP contribution in [-0.4, -0.2) is 82.4 Å². The van der Waals surface area contributed by atoms with Crippen LogP contribution in [0.4, 0.5) is 15.3 Å². The number of ether oxygens (including phenoxy) is 2. The summed E-state index contributed by atoms with van der Waals surface area (Å²) in [4.78, 5) is 31.6. The lowest BCUT2D eigenvalue weighted by atomic mass is 10.2. The Morgan fingerprint density at radius 1 is 0.737 bits per heavy atom. The van der Waals surface area contributed by atoms with Crippen molar-refractivity contribution in [1.82, 2.24) is 48.8 Å². The largest absolute Gasteiger partial charge is 0.444 e. The topological polar surface area (TPSA) is 227 Å². The Morgan fingerprint density at radius 2 is 1.21 bits per heavy atom. The van der Waals surface area contributed by atoms with Gasteiger partial charge in [-0.2, -0.15) is 0 Å². The summed E-state index contributed by atoms with van der Waals surface area (Å²) in [5.74, 6) is 1.23. The maximum atomic E-state index is 12.3. The molecular weight excluding hydrogens is 800 g/mol. The molecule has 2 aliphatic carbocycles. The van der Waals surface area contributed by atoms with E-state index in [-0.39, 0.29) is 13.2 Å². The van der Waals surface area contributed by atoms with E-state index >= 15 is 0 Å². The van der Waals surface area contributed by atoms with Gasteiger partial charge in [0, 0.05) is 24.8 Å². The maximum Gasteiger partial charge on any atom is 0.412 e. The highest BCUT2D eigenvalue weighted by Crippen LogP contribution is 2.42. The van der Waals surface area contributed by atoms with Crippen LogP contribution in [0.3, 0.4) is 0 Å². The lowest BCUT2D eigenvalue weighted by molar-refractivity contribution is 0.0596. The van der Waals surface area contributed by atoms with Gasteiger partial charge in [-0.15, -0.1) is 10.2 Å². The summed E-state index contributed by atoms with van der Waals surface area (Å²) in [5, 5.41) is 36.7. The summed E-state index contributed by atoms with van der Waals surface area (Å²) in [7, 11) is 0. The smallest absolute Gasteiger partial charge is 0.412 e. The van der Waals surface area contributed by atoms with Crippen LogP contribution >= 0.6 is 15.9 Å². The monoisotopic (exact) mass is 848 g/mol. The third-order valence-corrected chi connectivity index (χ3v) is 9.07. The number of aromatic nitrogens is 10. The van der Waals surface area contributed by atoms with Crippen molar-refractivity contribution in [2.75, 3.05) is 5.32 Å². The number of carbonyl (C=O) groups excluding carboxylic acids is 2. The van der Waals surface area contributed by atoms with E-state index in [1.54, 1.807) is 42.5 Å². The predicted octanol–water partition coefficient (Wildman–Crippen LogP) is 5.68. The number of aliphatic hydroxyl groups is 2. The first-order chi connectivity index (χ1) is 26.9. The molecule has 57 heavy (non-hydrogen) atoms. The summed E-state index contributed by atoms with van der Waals surface area (Å²) < 4.78 is 18.3. The van der Waals surface area contributed by atoms with E-state index in [4.69, 9.17) is 20.7 Å². The number of halogens is 1. The second kappa shape index (κ2) is 17.0. The Morgan fingerprint density at radius 3 is 1.63 bits per heavy atom. The molecule has 0 atom stereocenters. The van der Waals surface area contributed by atoms with Gasteiger partial charge >= 0.3 is 12.2 Å². The van der Waals surface area contributed by atoms with Crippen molar-refractivity contribution >= 4 is 45.1 Å². The van der Waals surface area contributed by atoms with Crippen molar-refractivity contribution in [3.63, 3.8) is 0 Å². The number of nitrogens with zero attached hydrogens (tertiary/aromatic N) is 10. The Bertz CT molecular complexity index is 2340. The summed E-state index contributed by atoms with van der Waals surface area (Å²) in [6, 6.07) is 4.15. The van der Waals surface area contributed by atoms with Crippen molar-refractivity contribution in [2.24, 2.45) is 5.73 Å². The molecule has 6 heterocycles. The molecule has 2 saturated carbocycles. The quantitative estimate of drug-likeness (QED) is 0.138. The fourth-order valence-corrected chi connectivity index (χ4v) is 6.41. The SMILES string of the molecule is CC(C)(C)OC(=O)Nc1cc(C2CC2)cn2cc(Cn3cc(CO)nn3)nc12.CC(C)(C)OC(N)=O.OCc1cn(Cc2cn3cc(C4CC4)cc(Br)c3n2)nn1. The van der Waals surface area contributed by atoms with E-state index in [1.807, 2.05) is 43.6 Å². The summed E-state index contributed by atoms with van der Waals surface area (Å²) in [5.41, 5.74) is 11.2. The summed E-state index contributed by atoms with van der Waals surface area (Å²) in [6.07, 6.45) is 15.2. The highest BCUT2D eigenvalue weighted by atomic mass is 79.9. The molecule has 0 saturated heterocycles. The van der Waals surface area contributed by atoms with E-state index in [0.29, 0.717) is 47.6 Å². The average molecular weight is 850 g/mol. The molecule has 0 aromatic carbocycles. The Kier molecular flexibility index (Phi) is 12.3. The van der Waals surface area contributed by atoms with Crippen LogP contribution in [0.25, 0.3) is 11.3 Å². The van der Waals surface area contributed by atoms with Gasteiger partial charge in [-0.05, 0) is 118 Å². The van der Waals surface area contributed by atoms with Gasteiger partial charge in [-0.1, -0.05) is 10.4 Å². The number of primary amides is 1. The van der Waals surface area contributed by atoms with E-state index < -0.39 is 23.4 Å². The number of hydrogen-bond acceptors (Lipinski definition) is 12. The van der Waals surface area contributed by atoms with Crippen molar-refractivity contribution in [2.45, 2.75) is 117 Å². The molecule has 5 N–H and O–H groups in total. The van der Waals surface area contributed by atoms with Gasteiger partial charge in [0.1, 0.15) is 22.6 Å².